The number of aryl methyl sites for hydroxylation is 1. The quantitative estimate of drug-likeness (QED) is 0.695. The van der Waals surface area contributed by atoms with Gasteiger partial charge in [-0.3, -0.25) is 0 Å². The number of carbonyl (C=O) groups excluding carboxylic acids is 1. The van der Waals surface area contributed by atoms with Crippen LogP contribution in [0.2, 0.25) is 0 Å². The molecular weight excluding hydrogens is 340 g/mol. The highest BCUT2D eigenvalue weighted by Gasteiger charge is 2.17. The fourth-order valence-corrected chi connectivity index (χ4v) is 3.20. The number of para-hydroxylation sites is 2. The van der Waals surface area contributed by atoms with Gasteiger partial charge in [0.25, 0.3) is 0 Å². The smallest absolute Gasteiger partial charge is 0.317 e. The normalized spacial score (nSPS) is 12.1. The molecule has 1 atom stereocenters. The summed E-state index contributed by atoms with van der Waals surface area (Å²) in [6.45, 7) is 3.75. The average Bonchev–Trinajstić information content (AvgIpc) is 3.05. The lowest BCUT2D eigenvalue weighted by Crippen LogP contribution is -2.39. The zero-order chi connectivity index (χ0) is 19.2. The molecule has 3 rings (SSSR count). The second-order valence-electron chi connectivity index (χ2n) is 6.44. The van der Waals surface area contributed by atoms with Gasteiger partial charge in [-0.15, -0.1) is 0 Å². The van der Waals surface area contributed by atoms with Gasteiger partial charge in [0.1, 0.15) is 5.82 Å². The minimum absolute atomic E-state index is 0.150. The summed E-state index contributed by atoms with van der Waals surface area (Å²) >= 11 is 0. The molecule has 1 heterocycles. The van der Waals surface area contributed by atoms with Crippen LogP contribution in [0.1, 0.15) is 24.4 Å². The third kappa shape index (κ3) is 4.28. The van der Waals surface area contributed by atoms with E-state index >= 15 is 0 Å². The summed E-state index contributed by atoms with van der Waals surface area (Å²) in [6, 6.07) is 17.8. The van der Waals surface area contributed by atoms with Crippen LogP contribution in [0.4, 0.5) is 4.79 Å². The van der Waals surface area contributed by atoms with Gasteiger partial charge >= 0.3 is 6.03 Å². The highest BCUT2D eigenvalue weighted by molar-refractivity contribution is 5.76. The first-order valence-corrected chi connectivity index (χ1v) is 9.14. The Bertz CT molecular complexity index is 892. The standard InChI is InChI=1S/C21H26N4O2/c1-4-25-18-13-9-8-12-17(18)23-20(25)15-24(2)21(26)22-14-19(27-3)16-10-6-5-7-11-16/h5-13,19H,4,14-15H2,1-3H3,(H,22,26). The fourth-order valence-electron chi connectivity index (χ4n) is 3.20. The van der Waals surface area contributed by atoms with Gasteiger partial charge in [0.15, 0.2) is 0 Å². The maximum atomic E-state index is 12.5. The summed E-state index contributed by atoms with van der Waals surface area (Å²) in [7, 11) is 3.43. The SMILES string of the molecule is CCn1c(CN(C)C(=O)NCC(OC)c2ccccc2)nc2ccccc21. The monoisotopic (exact) mass is 366 g/mol. The number of rotatable bonds is 7. The fraction of sp³-hybridized carbons (Fsp3) is 0.333. The molecule has 0 saturated heterocycles. The van der Waals surface area contributed by atoms with Crippen LogP contribution in [0.3, 0.4) is 0 Å². The van der Waals surface area contributed by atoms with Crippen molar-refractivity contribution in [2.45, 2.75) is 26.1 Å². The second-order valence-corrected chi connectivity index (χ2v) is 6.44. The maximum Gasteiger partial charge on any atom is 0.317 e. The highest BCUT2D eigenvalue weighted by atomic mass is 16.5. The van der Waals surface area contributed by atoms with Crippen LogP contribution in [0.25, 0.3) is 11.0 Å². The molecule has 6 nitrogen and oxygen atoms in total. The molecule has 0 aliphatic rings. The van der Waals surface area contributed by atoms with Gasteiger partial charge in [-0.2, -0.15) is 0 Å². The number of benzene rings is 2. The molecule has 0 radical (unpaired) electrons. The summed E-state index contributed by atoms with van der Waals surface area (Å²) in [4.78, 5) is 18.9. The van der Waals surface area contributed by atoms with Gasteiger partial charge in [-0.05, 0) is 24.6 Å². The number of urea groups is 1. The molecule has 0 fully saturated rings. The number of carbonyl (C=O) groups is 1. The Morgan fingerprint density at radius 2 is 1.89 bits per heavy atom. The van der Waals surface area contributed by atoms with Gasteiger partial charge in [0.05, 0.1) is 23.7 Å². The molecule has 0 bridgehead atoms. The summed E-state index contributed by atoms with van der Waals surface area (Å²) in [5.41, 5.74) is 3.08. The van der Waals surface area contributed by atoms with Crippen LogP contribution in [-0.4, -0.2) is 41.2 Å². The molecule has 6 heteroatoms. The Balaban J connectivity index is 1.64. The summed E-state index contributed by atoms with van der Waals surface area (Å²) in [5.74, 6) is 0.878. The summed E-state index contributed by atoms with van der Waals surface area (Å²) in [6.07, 6.45) is -0.177. The maximum absolute atomic E-state index is 12.5. The number of fused-ring (bicyclic) bond motifs is 1. The Labute approximate surface area is 159 Å². The van der Waals surface area contributed by atoms with E-state index in [0.717, 1.165) is 29.0 Å². The van der Waals surface area contributed by atoms with Crippen LogP contribution >= 0.6 is 0 Å². The molecule has 1 N–H and O–H groups in total. The molecule has 142 valence electrons. The Kier molecular flexibility index (Phi) is 6.08. The first-order valence-electron chi connectivity index (χ1n) is 9.14. The molecular formula is C21H26N4O2. The van der Waals surface area contributed by atoms with Gasteiger partial charge < -0.3 is 19.5 Å². The third-order valence-electron chi connectivity index (χ3n) is 4.67. The Hall–Kier alpha value is -2.86. The number of hydrogen-bond donors (Lipinski definition) is 1. The molecule has 2 aromatic carbocycles. The number of methoxy groups -OCH3 is 1. The number of hydrogen-bond acceptors (Lipinski definition) is 3. The van der Waals surface area contributed by atoms with Crippen LogP contribution in [0.15, 0.2) is 54.6 Å². The molecule has 0 spiro atoms. The van der Waals surface area contributed by atoms with E-state index in [1.807, 2.05) is 48.5 Å². The van der Waals surface area contributed by atoms with Crippen LogP contribution < -0.4 is 5.32 Å². The summed E-state index contributed by atoms with van der Waals surface area (Å²) in [5, 5.41) is 2.95. The van der Waals surface area contributed by atoms with Crippen LogP contribution in [0.5, 0.6) is 0 Å². The topological polar surface area (TPSA) is 59.4 Å². The zero-order valence-electron chi connectivity index (χ0n) is 16.1. The number of aromatic nitrogens is 2. The van der Waals surface area contributed by atoms with Crippen molar-refractivity contribution in [2.75, 3.05) is 20.7 Å². The average molecular weight is 366 g/mol. The number of nitrogens with zero attached hydrogens (tertiary/aromatic N) is 3. The van der Waals surface area contributed by atoms with Crippen molar-refractivity contribution in [3.63, 3.8) is 0 Å². The minimum Gasteiger partial charge on any atom is -0.375 e. The molecule has 1 unspecified atom stereocenters. The van der Waals surface area contributed by atoms with Gasteiger partial charge in [-0.25, -0.2) is 9.78 Å². The van der Waals surface area contributed by atoms with Crippen molar-refractivity contribution in [2.24, 2.45) is 0 Å². The molecule has 1 aromatic heterocycles. The van der Waals surface area contributed by atoms with Crippen LogP contribution in [0, 0.1) is 0 Å². The summed E-state index contributed by atoms with van der Waals surface area (Å²) < 4.78 is 7.65. The lowest BCUT2D eigenvalue weighted by atomic mass is 10.1. The van der Waals surface area contributed by atoms with Crippen molar-refractivity contribution in [3.8, 4) is 0 Å². The zero-order valence-corrected chi connectivity index (χ0v) is 16.1. The Morgan fingerprint density at radius 1 is 1.19 bits per heavy atom. The molecule has 0 aliphatic heterocycles. The number of amides is 2. The van der Waals surface area contributed by atoms with Crippen molar-refractivity contribution in [1.29, 1.82) is 0 Å². The van der Waals surface area contributed by atoms with Crippen molar-refractivity contribution < 1.29 is 9.53 Å². The number of nitrogens with one attached hydrogen (secondary N) is 1. The second kappa shape index (κ2) is 8.68. The van der Waals surface area contributed by atoms with Crippen molar-refractivity contribution in [3.05, 3.63) is 66.0 Å². The van der Waals surface area contributed by atoms with E-state index in [-0.39, 0.29) is 12.1 Å². The van der Waals surface area contributed by atoms with Crippen molar-refractivity contribution in [1.82, 2.24) is 19.8 Å². The molecule has 3 aromatic rings. The predicted octanol–water partition coefficient (Wildman–Crippen LogP) is 3.59. The van der Waals surface area contributed by atoms with E-state index in [4.69, 9.17) is 4.74 Å². The lowest BCUT2D eigenvalue weighted by Gasteiger charge is -2.21. The van der Waals surface area contributed by atoms with Crippen molar-refractivity contribution >= 4 is 17.1 Å². The number of ether oxygens (including phenoxy) is 1. The largest absolute Gasteiger partial charge is 0.375 e. The molecule has 27 heavy (non-hydrogen) atoms. The van der Waals surface area contributed by atoms with E-state index < -0.39 is 0 Å². The minimum atomic E-state index is -0.177. The van der Waals surface area contributed by atoms with E-state index in [1.165, 1.54) is 0 Å². The third-order valence-corrected chi connectivity index (χ3v) is 4.67. The van der Waals surface area contributed by atoms with E-state index in [1.54, 1.807) is 19.1 Å². The van der Waals surface area contributed by atoms with Gasteiger partial charge in [0, 0.05) is 27.2 Å². The molecule has 0 aliphatic carbocycles. The van der Waals surface area contributed by atoms with E-state index in [2.05, 4.69) is 27.9 Å². The lowest BCUT2D eigenvalue weighted by molar-refractivity contribution is 0.102. The predicted molar refractivity (Wildman–Crippen MR) is 106 cm³/mol. The highest BCUT2D eigenvalue weighted by Crippen LogP contribution is 2.17. The first kappa shape index (κ1) is 18.9. The number of imidazole rings is 1. The first-order chi connectivity index (χ1) is 13.1. The molecule has 0 saturated carbocycles. The Morgan fingerprint density at radius 3 is 2.59 bits per heavy atom. The van der Waals surface area contributed by atoms with Gasteiger partial charge in [0.2, 0.25) is 0 Å². The molecule has 2 amide bonds. The van der Waals surface area contributed by atoms with E-state index in [0.29, 0.717) is 13.1 Å². The van der Waals surface area contributed by atoms with E-state index in [9.17, 15) is 4.79 Å². The van der Waals surface area contributed by atoms with Crippen LogP contribution in [-0.2, 0) is 17.8 Å². The van der Waals surface area contributed by atoms with Gasteiger partial charge in [-0.1, -0.05) is 42.5 Å².